The number of rotatable bonds is 29. The molecule has 257 valence electrons. The van der Waals surface area contributed by atoms with Gasteiger partial charge in [0.25, 0.3) is 5.91 Å². The molecule has 3 amide bonds. The number of hydrogen-bond donors (Lipinski definition) is 2. The molecule has 45 heavy (non-hydrogen) atoms. The maximum atomic E-state index is 13.5. The van der Waals surface area contributed by atoms with Crippen LogP contribution in [0.3, 0.4) is 0 Å². The number of amides is 3. The molecule has 0 aliphatic rings. The molecule has 2 unspecified atom stereocenters. The van der Waals surface area contributed by atoms with Crippen molar-refractivity contribution in [1.82, 2.24) is 5.73 Å². The minimum Gasteiger partial charge on any atom is -0.326 e. The predicted octanol–water partition coefficient (Wildman–Crippen LogP) is 11.7. The summed E-state index contributed by atoms with van der Waals surface area (Å²) in [4.78, 5) is 39.2. The van der Waals surface area contributed by atoms with Gasteiger partial charge in [-0.15, -0.1) is 0 Å². The van der Waals surface area contributed by atoms with Crippen molar-refractivity contribution < 1.29 is 14.4 Å². The van der Waals surface area contributed by atoms with E-state index in [1.54, 1.807) is 18.2 Å². The lowest BCUT2D eigenvalue weighted by Crippen LogP contribution is -2.25. The molecule has 0 saturated heterocycles. The molecule has 0 saturated carbocycles. The second-order valence-corrected chi connectivity index (χ2v) is 13.3. The van der Waals surface area contributed by atoms with Gasteiger partial charge in [0.15, 0.2) is 0 Å². The van der Waals surface area contributed by atoms with Crippen LogP contribution in [0.4, 0.5) is 11.4 Å². The topological polar surface area (TPSA) is 99.1 Å². The minimum atomic E-state index is -0.826. The van der Waals surface area contributed by atoms with Crippen molar-refractivity contribution in [1.29, 1.82) is 0 Å². The quantitative estimate of drug-likeness (QED) is 0.0865. The summed E-state index contributed by atoms with van der Waals surface area (Å²) in [7, 11) is 0. The SMILES string of the molecule is CCCCCCCCC(CCCCCC)C(=O)Nc1cc(NC(=O)C(CCCCCC)CCCCCCCC)cc(C([NH])=O)c1. The van der Waals surface area contributed by atoms with Crippen molar-refractivity contribution in [2.24, 2.45) is 11.8 Å². The Labute approximate surface area is 276 Å². The maximum absolute atomic E-state index is 13.5. The molecule has 1 aromatic rings. The second kappa shape index (κ2) is 26.8. The van der Waals surface area contributed by atoms with Gasteiger partial charge in [0, 0.05) is 28.8 Å². The van der Waals surface area contributed by atoms with E-state index in [1.165, 1.54) is 64.2 Å². The Balaban J connectivity index is 2.97. The zero-order valence-corrected chi connectivity index (χ0v) is 29.6. The molecule has 3 N–H and O–H groups in total. The molecule has 0 aliphatic heterocycles. The highest BCUT2D eigenvalue weighted by molar-refractivity contribution is 6.00. The van der Waals surface area contributed by atoms with E-state index < -0.39 is 5.91 Å². The minimum absolute atomic E-state index is 0.0243. The van der Waals surface area contributed by atoms with Crippen molar-refractivity contribution in [3.05, 3.63) is 23.8 Å². The van der Waals surface area contributed by atoms with E-state index in [-0.39, 0.29) is 29.2 Å². The highest BCUT2D eigenvalue weighted by atomic mass is 16.2. The van der Waals surface area contributed by atoms with Gasteiger partial charge in [-0.1, -0.05) is 156 Å². The van der Waals surface area contributed by atoms with Gasteiger partial charge < -0.3 is 10.6 Å². The summed E-state index contributed by atoms with van der Waals surface area (Å²) in [6, 6.07) is 4.89. The fourth-order valence-electron chi connectivity index (χ4n) is 6.18. The summed E-state index contributed by atoms with van der Waals surface area (Å²) in [5.41, 5.74) is 8.89. The van der Waals surface area contributed by atoms with Gasteiger partial charge in [-0.3, -0.25) is 20.1 Å². The van der Waals surface area contributed by atoms with Crippen LogP contribution in [0.2, 0.25) is 0 Å². The van der Waals surface area contributed by atoms with Crippen molar-refractivity contribution in [2.45, 2.75) is 182 Å². The molecule has 1 rings (SSSR count). The van der Waals surface area contributed by atoms with E-state index in [1.807, 2.05) is 0 Å². The van der Waals surface area contributed by atoms with E-state index in [9.17, 15) is 14.4 Å². The van der Waals surface area contributed by atoms with Gasteiger partial charge in [0.05, 0.1) is 0 Å². The first-order valence-electron chi connectivity index (χ1n) is 18.9. The molecule has 0 fully saturated rings. The lowest BCUT2D eigenvalue weighted by molar-refractivity contribution is -0.121. The normalized spacial score (nSPS) is 12.5. The summed E-state index contributed by atoms with van der Waals surface area (Å²) >= 11 is 0. The lowest BCUT2D eigenvalue weighted by Gasteiger charge is -2.19. The first-order valence-corrected chi connectivity index (χ1v) is 18.9. The third-order valence-electron chi connectivity index (χ3n) is 9.10. The average molecular weight is 627 g/mol. The summed E-state index contributed by atoms with van der Waals surface area (Å²) in [5, 5.41) is 6.13. The molecule has 6 heteroatoms. The van der Waals surface area contributed by atoms with Crippen LogP contribution in [0, 0.1) is 11.8 Å². The molecule has 0 heterocycles. The fraction of sp³-hybridized carbons (Fsp3) is 0.769. The van der Waals surface area contributed by atoms with E-state index in [4.69, 9.17) is 5.73 Å². The third-order valence-corrected chi connectivity index (χ3v) is 9.10. The third kappa shape index (κ3) is 19.7. The monoisotopic (exact) mass is 627 g/mol. The van der Waals surface area contributed by atoms with E-state index in [0.29, 0.717) is 11.4 Å². The van der Waals surface area contributed by atoms with Gasteiger partial charge in [0.2, 0.25) is 11.8 Å². The molecule has 6 nitrogen and oxygen atoms in total. The molecule has 0 bridgehead atoms. The number of nitrogens with one attached hydrogen (secondary N) is 3. The number of carbonyl (C=O) groups is 3. The maximum Gasteiger partial charge on any atom is 0.269 e. The van der Waals surface area contributed by atoms with E-state index in [0.717, 1.165) is 89.9 Å². The van der Waals surface area contributed by atoms with E-state index in [2.05, 4.69) is 38.3 Å². The van der Waals surface area contributed by atoms with Gasteiger partial charge >= 0.3 is 0 Å². The highest BCUT2D eigenvalue weighted by Crippen LogP contribution is 2.26. The standard InChI is InChI=1S/C39H68N3O3/c1-5-9-13-17-19-23-27-32(25-21-15-11-7-3)38(44)41-35-29-34(37(40)43)30-36(31-35)42-39(45)33(26-22-16-12-8-4)28-24-20-18-14-10-6-2/h29-33,40H,5-28H2,1-4H3,(H,41,44)(H,42,45). The summed E-state index contributed by atoms with van der Waals surface area (Å²) in [6.45, 7) is 8.84. The van der Waals surface area contributed by atoms with Crippen LogP contribution < -0.4 is 16.4 Å². The Hall–Kier alpha value is -2.37. The van der Waals surface area contributed by atoms with Crippen molar-refractivity contribution >= 4 is 29.1 Å². The molecule has 0 aromatic heterocycles. The Bertz CT molecular complexity index is 868. The first kappa shape index (κ1) is 40.7. The zero-order valence-electron chi connectivity index (χ0n) is 29.6. The molecule has 1 radical (unpaired) electrons. The second-order valence-electron chi connectivity index (χ2n) is 13.3. The summed E-state index contributed by atoms with van der Waals surface area (Å²) < 4.78 is 0. The number of hydrogen-bond acceptors (Lipinski definition) is 3. The van der Waals surface area contributed by atoms with Gasteiger partial charge in [-0.2, -0.15) is 0 Å². The van der Waals surface area contributed by atoms with Gasteiger partial charge in [-0.25, -0.2) is 0 Å². The smallest absolute Gasteiger partial charge is 0.269 e. The molecular weight excluding hydrogens is 558 g/mol. The Morgan fingerprint density at radius 2 is 0.778 bits per heavy atom. The van der Waals surface area contributed by atoms with Crippen LogP contribution in [0.15, 0.2) is 18.2 Å². The average Bonchev–Trinajstić information content (AvgIpc) is 3.02. The number of unbranched alkanes of at least 4 members (excludes halogenated alkanes) is 16. The summed E-state index contributed by atoms with van der Waals surface area (Å²) in [6.07, 6.45) is 26.8. The zero-order chi connectivity index (χ0) is 33.1. The predicted molar refractivity (Wildman–Crippen MR) is 192 cm³/mol. The fourth-order valence-corrected chi connectivity index (χ4v) is 6.18. The first-order chi connectivity index (χ1) is 21.9. The molecule has 1 aromatic carbocycles. The number of anilines is 2. The Kier molecular flexibility index (Phi) is 24.2. The molecule has 2 atom stereocenters. The van der Waals surface area contributed by atoms with Crippen molar-refractivity contribution in [3.8, 4) is 0 Å². The van der Waals surface area contributed by atoms with Gasteiger partial charge in [0.1, 0.15) is 0 Å². The van der Waals surface area contributed by atoms with Crippen molar-refractivity contribution in [3.63, 3.8) is 0 Å². The summed E-state index contributed by atoms with van der Waals surface area (Å²) in [5.74, 6) is -1.03. The van der Waals surface area contributed by atoms with Crippen LogP contribution >= 0.6 is 0 Å². The highest BCUT2D eigenvalue weighted by Gasteiger charge is 2.21. The van der Waals surface area contributed by atoms with Crippen molar-refractivity contribution in [2.75, 3.05) is 10.6 Å². The largest absolute Gasteiger partial charge is 0.326 e. The van der Waals surface area contributed by atoms with Crippen LogP contribution in [0.5, 0.6) is 0 Å². The lowest BCUT2D eigenvalue weighted by atomic mass is 9.93. The molecule has 0 aliphatic carbocycles. The van der Waals surface area contributed by atoms with Gasteiger partial charge in [-0.05, 0) is 43.9 Å². The van der Waals surface area contributed by atoms with E-state index >= 15 is 0 Å². The number of benzene rings is 1. The Morgan fingerprint density at radius 3 is 1.09 bits per heavy atom. The number of carbonyl (C=O) groups excluding carboxylic acids is 3. The van der Waals surface area contributed by atoms with Crippen LogP contribution in [-0.4, -0.2) is 17.7 Å². The van der Waals surface area contributed by atoms with Crippen LogP contribution in [-0.2, 0) is 9.59 Å². The molecule has 0 spiro atoms. The van der Waals surface area contributed by atoms with Crippen LogP contribution in [0.25, 0.3) is 0 Å². The molecular formula is C39H68N3O3. The van der Waals surface area contributed by atoms with Crippen LogP contribution in [0.1, 0.15) is 192 Å². The Morgan fingerprint density at radius 1 is 0.489 bits per heavy atom.